The van der Waals surface area contributed by atoms with Crippen LogP contribution in [0.15, 0.2) is 24.3 Å². The second kappa shape index (κ2) is 7.64. The van der Waals surface area contributed by atoms with Gasteiger partial charge in [-0.2, -0.15) is 0 Å². The molecule has 1 aromatic carbocycles. The van der Waals surface area contributed by atoms with E-state index in [-0.39, 0.29) is 24.1 Å². The predicted octanol–water partition coefficient (Wildman–Crippen LogP) is 2.98. The van der Waals surface area contributed by atoms with E-state index in [1.165, 1.54) is 5.56 Å². The van der Waals surface area contributed by atoms with Gasteiger partial charge in [0, 0.05) is 12.1 Å². The minimum atomic E-state index is -0.305. The number of benzene rings is 1. The molecular weight excluding hydrogens is 334 g/mol. The van der Waals surface area contributed by atoms with Crippen molar-refractivity contribution >= 4 is 17.2 Å². The number of morpholine rings is 1. The number of thiazole rings is 1. The molecule has 0 aliphatic carbocycles. The molecule has 2 heterocycles. The van der Waals surface area contributed by atoms with E-state index in [4.69, 9.17) is 9.72 Å². The summed E-state index contributed by atoms with van der Waals surface area (Å²) in [6.45, 7) is 9.35. The fraction of sp³-hybridized carbons (Fsp3) is 0.474. The highest BCUT2D eigenvalue weighted by Gasteiger charge is 2.29. The monoisotopic (exact) mass is 359 g/mol. The summed E-state index contributed by atoms with van der Waals surface area (Å²) in [5.41, 5.74) is 3.31. The molecule has 0 bridgehead atoms. The average Bonchev–Trinajstić information content (AvgIpc) is 2.97. The van der Waals surface area contributed by atoms with Crippen molar-refractivity contribution in [2.45, 2.75) is 45.9 Å². The number of rotatable bonds is 4. The van der Waals surface area contributed by atoms with E-state index < -0.39 is 0 Å². The predicted molar refractivity (Wildman–Crippen MR) is 101 cm³/mol. The van der Waals surface area contributed by atoms with Gasteiger partial charge in [0.15, 0.2) is 0 Å². The number of ether oxygens (including phenoxy) is 1. The number of nitrogens with one attached hydrogen (secondary N) is 2. The first kappa shape index (κ1) is 18.0. The zero-order chi connectivity index (χ0) is 18.0. The third kappa shape index (κ3) is 4.08. The van der Waals surface area contributed by atoms with E-state index in [9.17, 15) is 4.79 Å². The summed E-state index contributed by atoms with van der Waals surface area (Å²) in [5.74, 6) is -0.0237. The zero-order valence-corrected chi connectivity index (χ0v) is 15.9. The van der Waals surface area contributed by atoms with E-state index >= 15 is 0 Å². The van der Waals surface area contributed by atoms with Gasteiger partial charge in [-0.15, -0.1) is 11.3 Å². The van der Waals surface area contributed by atoms with Crippen LogP contribution in [0.2, 0.25) is 0 Å². The number of hydrogen-bond acceptors (Lipinski definition) is 5. The molecule has 1 saturated heterocycles. The first-order valence-electron chi connectivity index (χ1n) is 8.65. The fourth-order valence-electron chi connectivity index (χ4n) is 3.03. The maximum absolute atomic E-state index is 12.5. The molecule has 1 fully saturated rings. The number of nitrogens with zero attached hydrogens (tertiary/aromatic N) is 1. The largest absolute Gasteiger partial charge is 0.375 e. The summed E-state index contributed by atoms with van der Waals surface area (Å²) in [7, 11) is 0. The first-order valence-corrected chi connectivity index (χ1v) is 9.47. The van der Waals surface area contributed by atoms with Crippen molar-refractivity contribution in [1.29, 1.82) is 0 Å². The first-order chi connectivity index (χ1) is 12.0. The van der Waals surface area contributed by atoms with Crippen LogP contribution in [0.4, 0.5) is 0 Å². The zero-order valence-electron chi connectivity index (χ0n) is 15.1. The molecule has 6 heteroatoms. The van der Waals surface area contributed by atoms with Gasteiger partial charge in [-0.3, -0.25) is 4.79 Å². The molecular formula is C19H25N3O2S. The minimum Gasteiger partial charge on any atom is -0.375 e. The molecule has 25 heavy (non-hydrogen) atoms. The minimum absolute atomic E-state index is 0.0237. The summed E-state index contributed by atoms with van der Waals surface area (Å²) < 4.78 is 5.56. The van der Waals surface area contributed by atoms with Crippen molar-refractivity contribution in [2.24, 2.45) is 0 Å². The number of amides is 1. The third-order valence-corrected chi connectivity index (χ3v) is 5.87. The molecule has 5 nitrogen and oxygen atoms in total. The van der Waals surface area contributed by atoms with Gasteiger partial charge in [0.2, 0.25) is 5.91 Å². The number of carbonyl (C=O) groups is 1. The van der Waals surface area contributed by atoms with Crippen LogP contribution in [0.1, 0.15) is 36.0 Å². The topological polar surface area (TPSA) is 63.2 Å². The van der Waals surface area contributed by atoms with Crippen molar-refractivity contribution in [3.63, 3.8) is 0 Å². The van der Waals surface area contributed by atoms with E-state index in [1.54, 1.807) is 11.3 Å². The molecule has 1 amide bonds. The van der Waals surface area contributed by atoms with Crippen molar-refractivity contribution in [1.82, 2.24) is 15.6 Å². The van der Waals surface area contributed by atoms with E-state index in [0.717, 1.165) is 21.1 Å². The Kier molecular flexibility index (Phi) is 5.51. The number of aromatic nitrogens is 1. The van der Waals surface area contributed by atoms with Gasteiger partial charge >= 0.3 is 0 Å². The fourth-order valence-corrected chi connectivity index (χ4v) is 4.10. The van der Waals surface area contributed by atoms with Gasteiger partial charge < -0.3 is 15.4 Å². The van der Waals surface area contributed by atoms with Crippen LogP contribution in [0.5, 0.6) is 0 Å². The van der Waals surface area contributed by atoms with Gasteiger partial charge in [-0.25, -0.2) is 4.98 Å². The van der Waals surface area contributed by atoms with Crippen LogP contribution >= 0.6 is 11.3 Å². The van der Waals surface area contributed by atoms with E-state index in [1.807, 2.05) is 20.8 Å². The van der Waals surface area contributed by atoms with E-state index in [2.05, 4.69) is 41.8 Å². The second-order valence-electron chi connectivity index (χ2n) is 6.57. The smallest absolute Gasteiger partial charge is 0.240 e. The molecule has 1 aliphatic rings. The van der Waals surface area contributed by atoms with Crippen molar-refractivity contribution in [3.05, 3.63) is 40.4 Å². The van der Waals surface area contributed by atoms with Gasteiger partial charge in [-0.05, 0) is 27.7 Å². The number of carbonyl (C=O) groups excluding carboxylic acids is 1. The highest BCUT2D eigenvalue weighted by molar-refractivity contribution is 7.15. The number of hydrogen-bond donors (Lipinski definition) is 2. The van der Waals surface area contributed by atoms with Crippen LogP contribution in [0, 0.1) is 13.8 Å². The van der Waals surface area contributed by atoms with Gasteiger partial charge in [0.05, 0.1) is 29.3 Å². The Hall–Kier alpha value is -1.76. The van der Waals surface area contributed by atoms with Gasteiger partial charge in [0.25, 0.3) is 0 Å². The molecule has 1 unspecified atom stereocenters. The van der Waals surface area contributed by atoms with E-state index in [0.29, 0.717) is 13.2 Å². The summed E-state index contributed by atoms with van der Waals surface area (Å²) >= 11 is 1.64. The van der Waals surface area contributed by atoms with Crippen LogP contribution in [0.3, 0.4) is 0 Å². The molecule has 0 saturated carbocycles. The van der Waals surface area contributed by atoms with Crippen molar-refractivity contribution in [2.75, 3.05) is 13.2 Å². The summed E-state index contributed by atoms with van der Waals surface area (Å²) in [6.07, 6.45) is -0.119. The Bertz CT molecular complexity index is 742. The Morgan fingerprint density at radius 1 is 1.36 bits per heavy atom. The molecule has 3 rings (SSSR count). The molecule has 0 spiro atoms. The van der Waals surface area contributed by atoms with Crippen LogP contribution in [-0.4, -0.2) is 36.2 Å². The summed E-state index contributed by atoms with van der Waals surface area (Å²) in [5, 5.41) is 7.31. The lowest BCUT2D eigenvalue weighted by Gasteiger charge is -2.30. The Morgan fingerprint density at radius 2 is 2.08 bits per heavy atom. The Morgan fingerprint density at radius 3 is 2.76 bits per heavy atom. The highest BCUT2D eigenvalue weighted by Crippen LogP contribution is 2.32. The lowest BCUT2D eigenvalue weighted by Crippen LogP contribution is -2.55. The molecule has 2 N–H and O–H groups in total. The maximum atomic E-state index is 12.5. The SMILES string of the molecule is Cc1ccc(-c2nc(C)c(C(C)NC(=O)[C@H]3NCCO[C@@H]3C)s2)cc1. The maximum Gasteiger partial charge on any atom is 0.240 e. The Labute approximate surface area is 152 Å². The molecule has 134 valence electrons. The third-order valence-electron chi connectivity index (χ3n) is 4.48. The molecule has 1 aromatic heterocycles. The highest BCUT2D eigenvalue weighted by atomic mass is 32.1. The van der Waals surface area contributed by atoms with Crippen LogP contribution in [0.25, 0.3) is 10.6 Å². The average molecular weight is 359 g/mol. The molecule has 3 atom stereocenters. The van der Waals surface area contributed by atoms with Crippen molar-refractivity contribution in [3.8, 4) is 10.6 Å². The Balaban J connectivity index is 1.72. The molecule has 0 radical (unpaired) electrons. The molecule has 1 aliphatic heterocycles. The summed E-state index contributed by atoms with van der Waals surface area (Å²) in [4.78, 5) is 18.3. The standard InChI is InChI=1S/C19H25N3O2S/c1-11-5-7-15(8-6-11)19-22-13(3)17(25-19)12(2)21-18(23)16-14(4)24-10-9-20-16/h5-8,12,14,16,20H,9-10H2,1-4H3,(H,21,23)/t12?,14-,16+/m1/s1. The van der Waals surface area contributed by atoms with Crippen LogP contribution in [-0.2, 0) is 9.53 Å². The lowest BCUT2D eigenvalue weighted by molar-refractivity contribution is -0.129. The quantitative estimate of drug-likeness (QED) is 0.881. The second-order valence-corrected chi connectivity index (χ2v) is 7.60. The van der Waals surface area contributed by atoms with Gasteiger partial charge in [0.1, 0.15) is 11.0 Å². The normalized spacial score (nSPS) is 21.8. The van der Waals surface area contributed by atoms with Crippen LogP contribution < -0.4 is 10.6 Å². The van der Waals surface area contributed by atoms with Crippen molar-refractivity contribution < 1.29 is 9.53 Å². The lowest BCUT2D eigenvalue weighted by atomic mass is 10.1. The number of aryl methyl sites for hydroxylation is 2. The van der Waals surface area contributed by atoms with Gasteiger partial charge in [-0.1, -0.05) is 29.8 Å². The summed E-state index contributed by atoms with van der Waals surface area (Å²) in [6, 6.07) is 7.97. The molecule has 2 aromatic rings.